The number of halogens is 1. The summed E-state index contributed by atoms with van der Waals surface area (Å²) in [5.41, 5.74) is -0.718. The molecule has 0 saturated carbocycles. The average Bonchev–Trinajstić information content (AvgIpc) is 2.63. The Hall–Kier alpha value is -1.60. The maximum Gasteiger partial charge on any atom is 0.331 e. The highest BCUT2D eigenvalue weighted by Gasteiger charge is 2.30. The molecule has 0 aromatic carbocycles. The molecular formula is C17H27ClN4O3. The van der Waals surface area contributed by atoms with E-state index in [1.165, 1.54) is 37.6 Å². The van der Waals surface area contributed by atoms with Gasteiger partial charge in [0, 0.05) is 33.3 Å². The molecule has 3 rings (SSSR count). The molecule has 2 fully saturated rings. The van der Waals surface area contributed by atoms with E-state index in [2.05, 4.69) is 5.32 Å². The van der Waals surface area contributed by atoms with Crippen LogP contribution in [0.25, 0.3) is 0 Å². The van der Waals surface area contributed by atoms with E-state index in [1.54, 1.807) is 4.90 Å². The zero-order valence-corrected chi connectivity index (χ0v) is 15.7. The maximum atomic E-state index is 12.7. The molecule has 0 bridgehead atoms. The average molecular weight is 371 g/mol. The number of carbonyl (C=O) groups excluding carboxylic acids is 1. The molecule has 2 aliphatic heterocycles. The summed E-state index contributed by atoms with van der Waals surface area (Å²) < 4.78 is 2.28. The quantitative estimate of drug-likeness (QED) is 0.815. The van der Waals surface area contributed by atoms with Crippen LogP contribution in [0.2, 0.25) is 0 Å². The predicted octanol–water partition coefficient (Wildman–Crippen LogP) is 0.358. The Morgan fingerprint density at radius 1 is 1.00 bits per heavy atom. The number of amides is 1. The number of carbonyl (C=O) groups is 1. The molecule has 1 amide bonds. The lowest BCUT2D eigenvalue weighted by molar-refractivity contribution is 0.0630. The summed E-state index contributed by atoms with van der Waals surface area (Å²) in [6.45, 7) is 3.60. The van der Waals surface area contributed by atoms with Crippen molar-refractivity contribution in [3.05, 3.63) is 32.6 Å². The number of likely N-dealkylation sites (tertiary alicyclic amines) is 1. The molecular weight excluding hydrogens is 344 g/mol. The fraction of sp³-hybridized carbons (Fsp3) is 0.706. The van der Waals surface area contributed by atoms with Crippen molar-refractivity contribution >= 4 is 18.3 Å². The molecule has 3 heterocycles. The standard InChI is InChI=1S/C17H26N4O3.ClH/c1-19-14(11-15(22)20(2)17(19)24)16(23)21-9-5-13(6-10-21)12-3-7-18-8-4-12;/h11-13,18H,3-10H2,1-2H3;1H. The first-order valence-electron chi connectivity index (χ1n) is 8.76. The summed E-state index contributed by atoms with van der Waals surface area (Å²) in [5.74, 6) is 1.23. The monoisotopic (exact) mass is 370 g/mol. The highest BCUT2D eigenvalue weighted by molar-refractivity contribution is 5.92. The van der Waals surface area contributed by atoms with Gasteiger partial charge in [-0.05, 0) is 50.6 Å². The minimum Gasteiger partial charge on any atom is -0.337 e. The molecule has 0 aliphatic carbocycles. The Morgan fingerprint density at radius 3 is 2.16 bits per heavy atom. The van der Waals surface area contributed by atoms with Crippen molar-refractivity contribution in [2.75, 3.05) is 26.2 Å². The van der Waals surface area contributed by atoms with Crippen molar-refractivity contribution in [3.63, 3.8) is 0 Å². The van der Waals surface area contributed by atoms with Gasteiger partial charge in [-0.15, -0.1) is 12.4 Å². The van der Waals surface area contributed by atoms with E-state index in [0.717, 1.165) is 36.4 Å². The van der Waals surface area contributed by atoms with Gasteiger partial charge in [0.1, 0.15) is 5.69 Å². The Bertz CT molecular complexity index is 728. The van der Waals surface area contributed by atoms with E-state index in [-0.39, 0.29) is 24.0 Å². The summed E-state index contributed by atoms with van der Waals surface area (Å²) in [7, 11) is 2.96. The summed E-state index contributed by atoms with van der Waals surface area (Å²) in [4.78, 5) is 38.3. The Morgan fingerprint density at radius 2 is 1.56 bits per heavy atom. The number of nitrogens with zero attached hydrogens (tertiary/aromatic N) is 3. The second kappa shape index (κ2) is 8.19. The van der Waals surface area contributed by atoms with Crippen LogP contribution in [-0.2, 0) is 14.1 Å². The molecule has 1 aromatic rings. The van der Waals surface area contributed by atoms with E-state index >= 15 is 0 Å². The van der Waals surface area contributed by atoms with E-state index in [9.17, 15) is 14.4 Å². The minimum atomic E-state index is -0.463. The second-order valence-corrected chi connectivity index (χ2v) is 6.99. The summed E-state index contributed by atoms with van der Waals surface area (Å²) in [6.07, 6.45) is 4.47. The molecule has 2 aliphatic rings. The van der Waals surface area contributed by atoms with Crippen LogP contribution in [0.3, 0.4) is 0 Å². The first-order valence-corrected chi connectivity index (χ1v) is 8.76. The third kappa shape index (κ3) is 3.98. The molecule has 0 spiro atoms. The van der Waals surface area contributed by atoms with Crippen LogP contribution in [0.15, 0.2) is 15.7 Å². The van der Waals surface area contributed by atoms with Crippen molar-refractivity contribution in [2.45, 2.75) is 25.7 Å². The zero-order valence-electron chi connectivity index (χ0n) is 14.9. The lowest BCUT2D eigenvalue weighted by Crippen LogP contribution is -2.45. The summed E-state index contributed by atoms with van der Waals surface area (Å²) in [6, 6.07) is 1.27. The molecule has 0 unspecified atom stereocenters. The van der Waals surface area contributed by atoms with Gasteiger partial charge in [-0.1, -0.05) is 0 Å². The van der Waals surface area contributed by atoms with Crippen molar-refractivity contribution in [1.82, 2.24) is 19.4 Å². The lowest BCUT2D eigenvalue weighted by Gasteiger charge is -2.37. The molecule has 25 heavy (non-hydrogen) atoms. The summed E-state index contributed by atoms with van der Waals surface area (Å²) >= 11 is 0. The lowest BCUT2D eigenvalue weighted by atomic mass is 9.79. The Labute approximate surface area is 153 Å². The maximum absolute atomic E-state index is 12.7. The van der Waals surface area contributed by atoms with Gasteiger partial charge >= 0.3 is 5.69 Å². The van der Waals surface area contributed by atoms with Gasteiger partial charge in [0.25, 0.3) is 11.5 Å². The third-order valence-electron chi connectivity index (χ3n) is 5.62. The number of hydrogen-bond donors (Lipinski definition) is 1. The first-order chi connectivity index (χ1) is 11.5. The zero-order chi connectivity index (χ0) is 17.3. The molecule has 1 aromatic heterocycles. The second-order valence-electron chi connectivity index (χ2n) is 6.99. The van der Waals surface area contributed by atoms with Crippen LogP contribution in [0, 0.1) is 11.8 Å². The smallest absolute Gasteiger partial charge is 0.331 e. The van der Waals surface area contributed by atoms with Crippen molar-refractivity contribution < 1.29 is 4.79 Å². The van der Waals surface area contributed by atoms with Gasteiger partial charge in [-0.25, -0.2) is 4.79 Å². The van der Waals surface area contributed by atoms with E-state index in [0.29, 0.717) is 19.0 Å². The van der Waals surface area contributed by atoms with Crippen LogP contribution in [0.1, 0.15) is 36.2 Å². The van der Waals surface area contributed by atoms with Gasteiger partial charge in [-0.3, -0.25) is 18.7 Å². The molecule has 2 saturated heterocycles. The fourth-order valence-corrected chi connectivity index (χ4v) is 3.99. The molecule has 140 valence electrons. The highest BCUT2D eigenvalue weighted by atomic mass is 35.5. The van der Waals surface area contributed by atoms with Gasteiger partial charge in [0.15, 0.2) is 0 Å². The van der Waals surface area contributed by atoms with Crippen LogP contribution in [0.5, 0.6) is 0 Å². The van der Waals surface area contributed by atoms with E-state index in [4.69, 9.17) is 0 Å². The molecule has 1 N–H and O–H groups in total. The predicted molar refractivity (Wildman–Crippen MR) is 98.4 cm³/mol. The third-order valence-corrected chi connectivity index (χ3v) is 5.62. The van der Waals surface area contributed by atoms with Crippen LogP contribution in [0.4, 0.5) is 0 Å². The SMILES string of the molecule is Cl.Cn1c(C(=O)N2CCC(C3CCNCC3)CC2)cc(=O)n(C)c1=O. The summed E-state index contributed by atoms with van der Waals surface area (Å²) in [5, 5.41) is 3.40. The Balaban J connectivity index is 0.00000225. The van der Waals surface area contributed by atoms with Crippen molar-refractivity contribution in [1.29, 1.82) is 0 Å². The van der Waals surface area contributed by atoms with Crippen LogP contribution in [-0.4, -0.2) is 46.1 Å². The normalized spacial score (nSPS) is 19.5. The Kier molecular flexibility index (Phi) is 6.46. The number of rotatable bonds is 2. The topological polar surface area (TPSA) is 76.3 Å². The van der Waals surface area contributed by atoms with Crippen LogP contribution >= 0.6 is 12.4 Å². The number of aromatic nitrogens is 2. The van der Waals surface area contributed by atoms with Crippen molar-refractivity contribution in [3.8, 4) is 0 Å². The number of hydrogen-bond acceptors (Lipinski definition) is 4. The first kappa shape index (κ1) is 19.7. The fourth-order valence-electron chi connectivity index (χ4n) is 3.99. The number of nitrogens with one attached hydrogen (secondary N) is 1. The van der Waals surface area contributed by atoms with Gasteiger partial charge in [0.2, 0.25) is 0 Å². The van der Waals surface area contributed by atoms with Gasteiger partial charge in [-0.2, -0.15) is 0 Å². The van der Waals surface area contributed by atoms with E-state index < -0.39 is 11.2 Å². The molecule has 8 heteroatoms. The largest absolute Gasteiger partial charge is 0.337 e. The van der Waals surface area contributed by atoms with Gasteiger partial charge < -0.3 is 10.2 Å². The van der Waals surface area contributed by atoms with Gasteiger partial charge in [0.05, 0.1) is 0 Å². The van der Waals surface area contributed by atoms with Crippen LogP contribution < -0.4 is 16.6 Å². The van der Waals surface area contributed by atoms with Crippen molar-refractivity contribution in [2.24, 2.45) is 25.9 Å². The highest BCUT2D eigenvalue weighted by Crippen LogP contribution is 2.31. The minimum absolute atomic E-state index is 0. The molecule has 0 atom stereocenters. The molecule has 7 nitrogen and oxygen atoms in total. The molecule has 0 radical (unpaired) electrons. The number of piperidine rings is 2. The van der Waals surface area contributed by atoms with E-state index in [1.807, 2.05) is 0 Å².